The molecule has 1 aromatic heterocycles. The fourth-order valence-electron chi connectivity index (χ4n) is 3.28. The molecule has 0 aliphatic carbocycles. The van der Waals surface area contributed by atoms with E-state index in [1.807, 2.05) is 18.2 Å². The first-order valence-corrected chi connectivity index (χ1v) is 11.9. The van der Waals surface area contributed by atoms with Crippen LogP contribution in [0.15, 0.2) is 57.9 Å². The molecule has 1 N–H and O–H groups in total. The normalized spacial score (nSPS) is 18.2. The maximum atomic E-state index is 12.8. The second-order valence-corrected chi connectivity index (χ2v) is 10.5. The van der Waals surface area contributed by atoms with E-state index in [0.29, 0.717) is 24.5 Å². The Morgan fingerprint density at radius 3 is 2.79 bits per heavy atom. The minimum absolute atomic E-state index is 0.180. The smallest absolute Gasteiger partial charge is 0.243 e. The number of thiazole rings is 1. The number of rotatable bonds is 4. The number of hydrogen-bond donors (Lipinski definition) is 1. The molecule has 0 saturated carbocycles. The Labute approximate surface area is 175 Å². The minimum Gasteiger partial charge on any atom is -0.302 e. The van der Waals surface area contributed by atoms with Crippen LogP contribution in [0.2, 0.25) is 0 Å². The van der Waals surface area contributed by atoms with Gasteiger partial charge in [0, 0.05) is 17.6 Å². The lowest BCUT2D eigenvalue weighted by Crippen LogP contribution is -2.43. The van der Waals surface area contributed by atoms with E-state index in [2.05, 4.69) is 26.2 Å². The van der Waals surface area contributed by atoms with Crippen molar-refractivity contribution in [3.8, 4) is 0 Å². The van der Waals surface area contributed by atoms with Gasteiger partial charge in [0.05, 0.1) is 21.0 Å². The fourth-order valence-corrected chi connectivity index (χ4v) is 6.24. The van der Waals surface area contributed by atoms with Gasteiger partial charge in [0.1, 0.15) is 0 Å². The van der Waals surface area contributed by atoms with Crippen LogP contribution in [0.25, 0.3) is 10.2 Å². The number of sulfonamides is 1. The number of carbonyl (C=O) groups is 1. The van der Waals surface area contributed by atoms with Gasteiger partial charge in [-0.2, -0.15) is 4.31 Å². The quantitative estimate of drug-likeness (QED) is 0.610. The van der Waals surface area contributed by atoms with Crippen LogP contribution >= 0.6 is 27.3 Å². The van der Waals surface area contributed by atoms with Crippen LogP contribution in [0.3, 0.4) is 0 Å². The highest BCUT2D eigenvalue weighted by Crippen LogP contribution is 2.30. The van der Waals surface area contributed by atoms with Crippen molar-refractivity contribution in [2.45, 2.75) is 17.7 Å². The van der Waals surface area contributed by atoms with Crippen molar-refractivity contribution in [3.63, 3.8) is 0 Å². The first-order chi connectivity index (χ1) is 13.4. The van der Waals surface area contributed by atoms with Gasteiger partial charge in [-0.1, -0.05) is 45.5 Å². The predicted molar refractivity (Wildman–Crippen MR) is 114 cm³/mol. The monoisotopic (exact) mass is 479 g/mol. The van der Waals surface area contributed by atoms with Crippen molar-refractivity contribution in [2.24, 2.45) is 5.92 Å². The van der Waals surface area contributed by atoms with Crippen LogP contribution < -0.4 is 5.32 Å². The third kappa shape index (κ3) is 3.98. The van der Waals surface area contributed by atoms with E-state index in [4.69, 9.17) is 0 Å². The average molecular weight is 480 g/mol. The molecule has 1 atom stereocenters. The van der Waals surface area contributed by atoms with Crippen LogP contribution in [-0.4, -0.2) is 36.7 Å². The molecule has 1 fully saturated rings. The Morgan fingerprint density at radius 1 is 1.21 bits per heavy atom. The zero-order valence-electron chi connectivity index (χ0n) is 14.8. The van der Waals surface area contributed by atoms with Crippen molar-refractivity contribution in [2.75, 3.05) is 18.4 Å². The van der Waals surface area contributed by atoms with Crippen LogP contribution in [0, 0.1) is 5.92 Å². The number of amides is 1. The van der Waals surface area contributed by atoms with E-state index >= 15 is 0 Å². The molecule has 6 nitrogen and oxygen atoms in total. The van der Waals surface area contributed by atoms with E-state index in [1.165, 1.54) is 15.6 Å². The van der Waals surface area contributed by atoms with Gasteiger partial charge >= 0.3 is 0 Å². The zero-order valence-corrected chi connectivity index (χ0v) is 18.1. The molecule has 0 bridgehead atoms. The summed E-state index contributed by atoms with van der Waals surface area (Å²) in [5, 5.41) is 3.39. The van der Waals surface area contributed by atoms with E-state index < -0.39 is 15.9 Å². The number of aromatic nitrogens is 1. The predicted octanol–water partition coefficient (Wildman–Crippen LogP) is 4.10. The van der Waals surface area contributed by atoms with Crippen molar-refractivity contribution >= 4 is 58.5 Å². The first kappa shape index (κ1) is 19.5. The summed E-state index contributed by atoms with van der Waals surface area (Å²) in [5.41, 5.74) is 0.820. The van der Waals surface area contributed by atoms with Gasteiger partial charge in [-0.15, -0.1) is 0 Å². The SMILES string of the molecule is O=C(Nc1nc2ccc(Br)cc2s1)C1CCCN(S(=O)(=O)c2ccccc2)C1. The number of nitrogens with one attached hydrogen (secondary N) is 1. The molecule has 4 rings (SSSR count). The lowest BCUT2D eigenvalue weighted by atomic mass is 9.99. The van der Waals surface area contributed by atoms with Crippen molar-refractivity contribution < 1.29 is 13.2 Å². The van der Waals surface area contributed by atoms with E-state index in [0.717, 1.165) is 14.7 Å². The summed E-state index contributed by atoms with van der Waals surface area (Å²) in [6, 6.07) is 14.1. The molecule has 9 heteroatoms. The Kier molecular flexibility index (Phi) is 5.50. The third-order valence-electron chi connectivity index (χ3n) is 4.72. The zero-order chi connectivity index (χ0) is 19.7. The fraction of sp³-hybridized carbons (Fsp3) is 0.263. The molecule has 0 radical (unpaired) electrons. The Bertz CT molecular complexity index is 1120. The Hall–Kier alpha value is -1.81. The van der Waals surface area contributed by atoms with Gasteiger partial charge in [-0.25, -0.2) is 13.4 Å². The molecule has 3 aromatic rings. The summed E-state index contributed by atoms with van der Waals surface area (Å²) in [6.45, 7) is 0.607. The lowest BCUT2D eigenvalue weighted by Gasteiger charge is -2.31. The molecule has 2 heterocycles. The average Bonchev–Trinajstić information content (AvgIpc) is 3.10. The highest BCUT2D eigenvalue weighted by molar-refractivity contribution is 9.10. The van der Waals surface area contributed by atoms with Gasteiger partial charge in [0.15, 0.2) is 5.13 Å². The van der Waals surface area contributed by atoms with Gasteiger partial charge in [-0.05, 0) is 43.2 Å². The van der Waals surface area contributed by atoms with Crippen molar-refractivity contribution in [1.82, 2.24) is 9.29 Å². The minimum atomic E-state index is -3.59. The summed E-state index contributed by atoms with van der Waals surface area (Å²) in [6.07, 6.45) is 1.31. The summed E-state index contributed by atoms with van der Waals surface area (Å²) < 4.78 is 29.0. The molecular formula is C19H18BrN3O3S2. The van der Waals surface area contributed by atoms with Gasteiger partial charge < -0.3 is 5.32 Å². The Balaban J connectivity index is 1.48. The van der Waals surface area contributed by atoms with Crippen LogP contribution in [-0.2, 0) is 14.8 Å². The van der Waals surface area contributed by atoms with Crippen molar-refractivity contribution in [3.05, 3.63) is 53.0 Å². The third-order valence-corrected chi connectivity index (χ3v) is 8.02. The number of halogens is 1. The molecule has 28 heavy (non-hydrogen) atoms. The van der Waals surface area contributed by atoms with E-state index in [9.17, 15) is 13.2 Å². The standard InChI is InChI=1S/C19H18BrN3O3S2/c20-14-8-9-16-17(11-14)27-19(21-16)22-18(24)13-5-4-10-23(12-13)28(25,26)15-6-2-1-3-7-15/h1-3,6-9,11,13H,4-5,10,12H2,(H,21,22,24). The molecule has 1 aliphatic rings. The van der Waals surface area contributed by atoms with Gasteiger partial charge in [-0.3, -0.25) is 4.79 Å². The largest absolute Gasteiger partial charge is 0.302 e. The maximum Gasteiger partial charge on any atom is 0.243 e. The number of hydrogen-bond acceptors (Lipinski definition) is 5. The van der Waals surface area contributed by atoms with Crippen molar-refractivity contribution in [1.29, 1.82) is 0 Å². The maximum absolute atomic E-state index is 12.8. The lowest BCUT2D eigenvalue weighted by molar-refractivity contribution is -0.120. The van der Waals surface area contributed by atoms with Crippen LogP contribution in [0.5, 0.6) is 0 Å². The molecule has 1 amide bonds. The molecular weight excluding hydrogens is 462 g/mol. The second-order valence-electron chi connectivity index (χ2n) is 6.64. The first-order valence-electron chi connectivity index (χ1n) is 8.85. The summed E-state index contributed by atoms with van der Waals surface area (Å²) >= 11 is 4.83. The summed E-state index contributed by atoms with van der Waals surface area (Å²) in [4.78, 5) is 17.4. The van der Waals surface area contributed by atoms with E-state index in [-0.39, 0.29) is 17.3 Å². The highest BCUT2D eigenvalue weighted by atomic mass is 79.9. The van der Waals surface area contributed by atoms with Gasteiger partial charge in [0.25, 0.3) is 0 Å². The summed E-state index contributed by atoms with van der Waals surface area (Å²) in [7, 11) is -3.59. The molecule has 1 aliphatic heterocycles. The molecule has 1 saturated heterocycles. The number of benzene rings is 2. The van der Waals surface area contributed by atoms with Crippen LogP contribution in [0.4, 0.5) is 5.13 Å². The molecule has 1 unspecified atom stereocenters. The number of nitrogens with zero attached hydrogens (tertiary/aromatic N) is 2. The molecule has 0 spiro atoms. The number of carbonyl (C=O) groups excluding carboxylic acids is 1. The number of piperidine rings is 1. The van der Waals surface area contributed by atoms with Crippen LogP contribution in [0.1, 0.15) is 12.8 Å². The Morgan fingerprint density at radius 2 is 2.00 bits per heavy atom. The topological polar surface area (TPSA) is 79.4 Å². The van der Waals surface area contributed by atoms with E-state index in [1.54, 1.807) is 30.3 Å². The number of fused-ring (bicyclic) bond motifs is 1. The number of anilines is 1. The second kappa shape index (κ2) is 7.90. The molecule has 2 aromatic carbocycles. The van der Waals surface area contributed by atoms with Gasteiger partial charge in [0.2, 0.25) is 15.9 Å². The highest BCUT2D eigenvalue weighted by Gasteiger charge is 2.33. The summed E-state index contributed by atoms with van der Waals surface area (Å²) in [5.74, 6) is -0.586. The molecule has 146 valence electrons.